The first-order valence-corrected chi connectivity index (χ1v) is 13.7. The minimum Gasteiger partial charge on any atom is -0.497 e. The Morgan fingerprint density at radius 3 is 2.57 bits per heavy atom. The Balaban J connectivity index is 1.41. The fraction of sp³-hybridized carbons (Fsp3) is 0.385. The quantitative estimate of drug-likeness (QED) is 0.272. The summed E-state index contributed by atoms with van der Waals surface area (Å²) in [6, 6.07) is 11.5. The number of likely N-dealkylation sites (tertiary alicyclic amines) is 1. The van der Waals surface area contributed by atoms with E-state index in [2.05, 4.69) is 9.29 Å². The molecular weight excluding hydrogens is 534 g/mol. The van der Waals surface area contributed by atoms with Crippen molar-refractivity contribution in [2.45, 2.75) is 43.9 Å². The molecule has 1 amide bonds. The first kappa shape index (κ1) is 27.2. The van der Waals surface area contributed by atoms with Gasteiger partial charge < -0.3 is 23.8 Å². The molecule has 0 aliphatic carbocycles. The summed E-state index contributed by atoms with van der Waals surface area (Å²) in [5, 5.41) is 3.30. The van der Waals surface area contributed by atoms with E-state index in [-0.39, 0.29) is 12.2 Å². The number of methoxy groups -OCH3 is 2. The lowest BCUT2D eigenvalue weighted by Gasteiger charge is -2.39. The predicted molar refractivity (Wildman–Crippen MR) is 147 cm³/mol. The normalized spacial score (nSPS) is 13.6. The topological polar surface area (TPSA) is 73.4 Å². The van der Waals surface area contributed by atoms with Crippen molar-refractivity contribution < 1.29 is 23.7 Å². The fourth-order valence-electron chi connectivity index (χ4n) is 3.54. The van der Waals surface area contributed by atoms with Gasteiger partial charge in [0.05, 0.1) is 38.9 Å². The van der Waals surface area contributed by atoms with Gasteiger partial charge in [0, 0.05) is 28.1 Å². The van der Waals surface area contributed by atoms with E-state index in [4.69, 9.17) is 30.5 Å². The summed E-state index contributed by atoms with van der Waals surface area (Å²) in [5.41, 5.74) is 0.474. The molecule has 2 aromatic carbocycles. The number of amides is 1. The van der Waals surface area contributed by atoms with Crippen molar-refractivity contribution in [2.75, 3.05) is 31.6 Å². The Hall–Kier alpha value is -2.82. The van der Waals surface area contributed by atoms with Crippen LogP contribution >= 0.6 is 34.9 Å². The lowest BCUT2D eigenvalue weighted by molar-refractivity contribution is -0.0221. The summed E-state index contributed by atoms with van der Waals surface area (Å²) in [6.45, 7) is 7.03. The summed E-state index contributed by atoms with van der Waals surface area (Å²) in [4.78, 5) is 19.2. The maximum absolute atomic E-state index is 12.2. The van der Waals surface area contributed by atoms with Crippen molar-refractivity contribution in [1.29, 1.82) is 0 Å². The molecule has 0 saturated carbocycles. The Morgan fingerprint density at radius 2 is 1.95 bits per heavy atom. The summed E-state index contributed by atoms with van der Waals surface area (Å²) in [6.07, 6.45) is 1.32. The molecule has 4 rings (SSSR count). The van der Waals surface area contributed by atoms with Crippen molar-refractivity contribution in [2.24, 2.45) is 0 Å². The molecule has 2 heterocycles. The molecule has 1 aliphatic heterocycles. The number of hydrogen-bond donors (Lipinski definition) is 0. The monoisotopic (exact) mass is 563 g/mol. The van der Waals surface area contributed by atoms with Gasteiger partial charge in [0.25, 0.3) is 0 Å². The van der Waals surface area contributed by atoms with Crippen LogP contribution in [0.4, 0.5) is 9.93 Å². The summed E-state index contributed by atoms with van der Waals surface area (Å²) >= 11 is 9.66. The van der Waals surface area contributed by atoms with Gasteiger partial charge in [-0.2, -0.15) is 0 Å². The summed E-state index contributed by atoms with van der Waals surface area (Å²) < 4.78 is 24.4. The predicted octanol–water partition coefficient (Wildman–Crippen LogP) is 6.53. The third kappa shape index (κ3) is 7.15. The van der Waals surface area contributed by atoms with Gasteiger partial charge in [0.2, 0.25) is 0 Å². The van der Waals surface area contributed by atoms with E-state index in [1.165, 1.54) is 11.9 Å². The van der Waals surface area contributed by atoms with E-state index in [9.17, 15) is 4.79 Å². The second kappa shape index (κ2) is 11.7. The van der Waals surface area contributed by atoms with Crippen LogP contribution < -0.4 is 18.5 Å². The lowest BCUT2D eigenvalue weighted by Crippen LogP contribution is -2.57. The molecule has 8 nitrogen and oxygen atoms in total. The number of anilines is 1. The number of aromatic nitrogens is 1. The molecule has 11 heteroatoms. The number of ether oxygens (including phenoxy) is 4. The molecule has 0 bridgehead atoms. The zero-order valence-electron chi connectivity index (χ0n) is 21.4. The maximum Gasteiger partial charge on any atom is 0.410 e. The summed E-state index contributed by atoms with van der Waals surface area (Å²) in [7, 11) is 3.28. The standard InChI is InChI=1S/C26H30ClN3O5S2/c1-26(2,3)35-25(31)29-15-19(16-29)34-22-9-8-20(13-21(22)27)37-30(24-28-10-11-36-24)14-17-6-7-18(32-4)12-23(17)33-5/h6-13,19H,14-16H2,1-5H3. The smallest absolute Gasteiger partial charge is 0.410 e. The van der Waals surface area contributed by atoms with Crippen molar-refractivity contribution in [3.05, 3.63) is 58.6 Å². The molecule has 0 N–H and O–H groups in total. The second-order valence-electron chi connectivity index (χ2n) is 9.34. The number of carbonyl (C=O) groups excluding carboxylic acids is 1. The van der Waals surface area contributed by atoms with E-state index in [1.807, 2.05) is 62.5 Å². The lowest BCUT2D eigenvalue weighted by atomic mass is 10.1. The molecule has 37 heavy (non-hydrogen) atoms. The number of benzene rings is 2. The van der Waals surface area contributed by atoms with Crippen LogP contribution in [0.1, 0.15) is 26.3 Å². The van der Waals surface area contributed by atoms with Gasteiger partial charge in [0.1, 0.15) is 29.0 Å². The van der Waals surface area contributed by atoms with Crippen LogP contribution in [-0.2, 0) is 11.3 Å². The molecule has 0 unspecified atom stereocenters. The Kier molecular flexibility index (Phi) is 8.61. The number of carbonyl (C=O) groups is 1. The van der Waals surface area contributed by atoms with Crippen molar-refractivity contribution in [3.63, 3.8) is 0 Å². The first-order valence-electron chi connectivity index (χ1n) is 11.6. The van der Waals surface area contributed by atoms with Crippen LogP contribution in [0.5, 0.6) is 17.2 Å². The molecule has 0 spiro atoms. The zero-order valence-corrected chi connectivity index (χ0v) is 23.8. The summed E-state index contributed by atoms with van der Waals surface area (Å²) in [5.74, 6) is 2.05. The highest BCUT2D eigenvalue weighted by Gasteiger charge is 2.35. The van der Waals surface area contributed by atoms with Gasteiger partial charge in [-0.05, 0) is 63.1 Å². The van der Waals surface area contributed by atoms with Gasteiger partial charge in [-0.1, -0.05) is 11.6 Å². The van der Waals surface area contributed by atoms with Crippen LogP contribution in [-0.4, -0.2) is 55.0 Å². The number of hydrogen-bond acceptors (Lipinski definition) is 9. The van der Waals surface area contributed by atoms with Crippen molar-refractivity contribution >= 4 is 46.1 Å². The molecule has 198 valence electrons. The van der Waals surface area contributed by atoms with Crippen molar-refractivity contribution in [1.82, 2.24) is 9.88 Å². The minimum atomic E-state index is -0.523. The average Bonchev–Trinajstić information content (AvgIpc) is 3.35. The first-order chi connectivity index (χ1) is 17.6. The molecule has 0 radical (unpaired) electrons. The Labute approximate surface area is 230 Å². The SMILES string of the molecule is COc1ccc(CN(Sc2ccc(OC3CN(C(=O)OC(C)(C)C)C3)c(Cl)c2)c2nccs2)c(OC)c1. The van der Waals surface area contributed by atoms with E-state index >= 15 is 0 Å². The largest absolute Gasteiger partial charge is 0.497 e. The molecule has 1 aliphatic rings. The molecule has 1 saturated heterocycles. The van der Waals surface area contributed by atoms with Gasteiger partial charge >= 0.3 is 6.09 Å². The Bertz CT molecular complexity index is 1210. The van der Waals surface area contributed by atoms with E-state index in [0.717, 1.165) is 27.1 Å². The molecule has 1 fully saturated rings. The van der Waals surface area contributed by atoms with Crippen molar-refractivity contribution in [3.8, 4) is 17.2 Å². The van der Waals surface area contributed by atoms with E-state index in [1.54, 1.807) is 36.7 Å². The fourth-order valence-corrected chi connectivity index (χ4v) is 5.50. The highest BCUT2D eigenvalue weighted by molar-refractivity contribution is 8.00. The van der Waals surface area contributed by atoms with Gasteiger partial charge in [-0.15, -0.1) is 11.3 Å². The van der Waals surface area contributed by atoms with E-state index in [0.29, 0.717) is 30.4 Å². The van der Waals surface area contributed by atoms with Crippen LogP contribution in [0.25, 0.3) is 0 Å². The number of thiazole rings is 1. The van der Waals surface area contributed by atoms with Gasteiger partial charge in [0.15, 0.2) is 5.13 Å². The minimum absolute atomic E-state index is 0.127. The third-order valence-corrected chi connectivity index (χ3v) is 7.55. The van der Waals surface area contributed by atoms with Crippen LogP contribution in [0.15, 0.2) is 52.9 Å². The maximum atomic E-state index is 12.2. The zero-order chi connectivity index (χ0) is 26.6. The molecule has 3 aromatic rings. The third-order valence-electron chi connectivity index (χ3n) is 5.35. The number of rotatable bonds is 9. The average molecular weight is 564 g/mol. The number of nitrogens with zero attached hydrogens (tertiary/aromatic N) is 3. The Morgan fingerprint density at radius 1 is 1.16 bits per heavy atom. The van der Waals surface area contributed by atoms with Crippen LogP contribution in [0, 0.1) is 0 Å². The van der Waals surface area contributed by atoms with Gasteiger partial charge in [-0.25, -0.2) is 9.78 Å². The molecular formula is C26H30ClN3O5S2. The highest BCUT2D eigenvalue weighted by atomic mass is 35.5. The molecule has 0 atom stereocenters. The molecule has 1 aromatic heterocycles. The van der Waals surface area contributed by atoms with Crippen LogP contribution in [0.2, 0.25) is 5.02 Å². The van der Waals surface area contributed by atoms with E-state index < -0.39 is 5.60 Å². The van der Waals surface area contributed by atoms with Crippen LogP contribution in [0.3, 0.4) is 0 Å². The highest BCUT2D eigenvalue weighted by Crippen LogP contribution is 2.38. The second-order valence-corrected chi connectivity index (χ2v) is 11.7. The van der Waals surface area contributed by atoms with Gasteiger partial charge in [-0.3, -0.25) is 4.31 Å². The number of halogens is 1.